The van der Waals surface area contributed by atoms with Gasteiger partial charge in [-0.05, 0) is 13.8 Å². The third kappa shape index (κ3) is 2.03. The Bertz CT molecular complexity index is 712. The minimum Gasteiger partial charge on any atom is -0.362 e. The molecular formula is C12H15N7. The zero-order valence-corrected chi connectivity index (χ0v) is 11.0. The number of anilines is 1. The van der Waals surface area contributed by atoms with Gasteiger partial charge in [0.15, 0.2) is 11.5 Å². The molecule has 98 valence electrons. The fourth-order valence-electron chi connectivity index (χ4n) is 2.20. The van der Waals surface area contributed by atoms with Crippen molar-refractivity contribution in [2.45, 2.75) is 19.9 Å². The monoisotopic (exact) mass is 257 g/mol. The summed E-state index contributed by atoms with van der Waals surface area (Å²) in [6.07, 6.45) is 5.14. The Morgan fingerprint density at radius 2 is 2.16 bits per heavy atom. The Morgan fingerprint density at radius 3 is 2.89 bits per heavy atom. The summed E-state index contributed by atoms with van der Waals surface area (Å²) in [6, 6.07) is 0.107. The van der Waals surface area contributed by atoms with Gasteiger partial charge >= 0.3 is 0 Å². The predicted molar refractivity (Wildman–Crippen MR) is 71.7 cm³/mol. The largest absolute Gasteiger partial charge is 0.362 e. The van der Waals surface area contributed by atoms with Crippen LogP contribution in [0.15, 0.2) is 18.9 Å². The van der Waals surface area contributed by atoms with Gasteiger partial charge in [-0.1, -0.05) is 0 Å². The Labute approximate surface area is 110 Å². The van der Waals surface area contributed by atoms with Crippen LogP contribution in [0.5, 0.6) is 0 Å². The molecule has 0 bridgehead atoms. The molecule has 3 aromatic rings. The van der Waals surface area contributed by atoms with Crippen LogP contribution >= 0.6 is 0 Å². The molecule has 0 fully saturated rings. The van der Waals surface area contributed by atoms with Gasteiger partial charge in [-0.15, -0.1) is 0 Å². The molecule has 0 amide bonds. The SMILES string of the molecule is Cc1nn(C)cc1[C@H](C)Nc1ncnc2nc[nH]c12. The van der Waals surface area contributed by atoms with Gasteiger partial charge in [0.1, 0.15) is 11.8 Å². The van der Waals surface area contributed by atoms with Crippen LogP contribution in [0, 0.1) is 6.92 Å². The number of imidazole rings is 1. The number of hydrogen-bond acceptors (Lipinski definition) is 5. The summed E-state index contributed by atoms with van der Waals surface area (Å²) in [4.78, 5) is 15.5. The van der Waals surface area contributed by atoms with E-state index >= 15 is 0 Å². The zero-order valence-electron chi connectivity index (χ0n) is 11.0. The molecule has 0 saturated heterocycles. The first kappa shape index (κ1) is 11.6. The molecule has 3 rings (SSSR count). The van der Waals surface area contributed by atoms with Crippen molar-refractivity contribution >= 4 is 17.0 Å². The summed E-state index contributed by atoms with van der Waals surface area (Å²) in [6.45, 7) is 4.08. The number of fused-ring (bicyclic) bond motifs is 1. The van der Waals surface area contributed by atoms with E-state index in [1.165, 1.54) is 6.33 Å². The summed E-state index contributed by atoms with van der Waals surface area (Å²) in [7, 11) is 1.92. The van der Waals surface area contributed by atoms with E-state index in [1.54, 1.807) is 6.33 Å². The number of rotatable bonds is 3. The number of nitrogens with one attached hydrogen (secondary N) is 2. The van der Waals surface area contributed by atoms with Crippen molar-refractivity contribution in [1.82, 2.24) is 29.7 Å². The molecule has 0 unspecified atom stereocenters. The van der Waals surface area contributed by atoms with Gasteiger partial charge in [0.2, 0.25) is 0 Å². The molecule has 0 aliphatic carbocycles. The maximum Gasteiger partial charge on any atom is 0.182 e. The standard InChI is InChI=1S/C12H15N7/c1-7(9-4-19(3)18-8(9)2)17-12-10-11(14-5-13-10)15-6-16-12/h4-7H,1-3H3,(H2,13,14,15,16,17)/t7-/m0/s1. The maximum atomic E-state index is 4.35. The van der Waals surface area contributed by atoms with Crippen molar-refractivity contribution in [3.05, 3.63) is 30.1 Å². The summed E-state index contributed by atoms with van der Waals surface area (Å²) >= 11 is 0. The van der Waals surface area contributed by atoms with E-state index in [1.807, 2.05) is 24.9 Å². The summed E-state index contributed by atoms with van der Waals surface area (Å²) in [5.74, 6) is 0.748. The van der Waals surface area contributed by atoms with Gasteiger partial charge < -0.3 is 10.3 Å². The number of hydrogen-bond donors (Lipinski definition) is 2. The normalized spacial score (nSPS) is 12.8. The molecule has 0 aromatic carbocycles. The Morgan fingerprint density at radius 1 is 1.32 bits per heavy atom. The number of nitrogens with zero attached hydrogens (tertiary/aromatic N) is 5. The number of aromatic amines is 1. The van der Waals surface area contributed by atoms with Gasteiger partial charge in [-0.3, -0.25) is 4.68 Å². The van der Waals surface area contributed by atoms with E-state index in [2.05, 4.69) is 37.3 Å². The fraction of sp³-hybridized carbons (Fsp3) is 0.333. The molecule has 0 aliphatic rings. The van der Waals surface area contributed by atoms with Crippen LogP contribution in [-0.2, 0) is 7.05 Å². The summed E-state index contributed by atoms with van der Waals surface area (Å²) < 4.78 is 1.81. The summed E-state index contributed by atoms with van der Waals surface area (Å²) in [5, 5.41) is 7.72. The molecule has 0 aliphatic heterocycles. The van der Waals surface area contributed by atoms with E-state index in [0.717, 1.165) is 22.6 Å². The highest BCUT2D eigenvalue weighted by molar-refractivity contribution is 5.82. The lowest BCUT2D eigenvalue weighted by atomic mass is 10.1. The lowest BCUT2D eigenvalue weighted by Crippen LogP contribution is -2.09. The van der Waals surface area contributed by atoms with Crippen molar-refractivity contribution in [3.63, 3.8) is 0 Å². The molecular weight excluding hydrogens is 242 g/mol. The van der Waals surface area contributed by atoms with E-state index in [0.29, 0.717) is 5.65 Å². The molecule has 0 radical (unpaired) electrons. The highest BCUT2D eigenvalue weighted by atomic mass is 15.3. The first-order valence-corrected chi connectivity index (χ1v) is 6.06. The highest BCUT2D eigenvalue weighted by Crippen LogP contribution is 2.23. The van der Waals surface area contributed by atoms with Crippen LogP contribution in [0.3, 0.4) is 0 Å². The van der Waals surface area contributed by atoms with E-state index in [4.69, 9.17) is 0 Å². The Kier molecular flexibility index (Phi) is 2.66. The second kappa shape index (κ2) is 4.34. The predicted octanol–water partition coefficient (Wildman–Crippen LogP) is 1.57. The molecule has 3 aromatic heterocycles. The number of H-pyrrole nitrogens is 1. The lowest BCUT2D eigenvalue weighted by molar-refractivity contribution is 0.756. The third-order valence-corrected chi connectivity index (χ3v) is 3.09. The first-order chi connectivity index (χ1) is 9.15. The van der Waals surface area contributed by atoms with E-state index < -0.39 is 0 Å². The van der Waals surface area contributed by atoms with Gasteiger partial charge in [-0.2, -0.15) is 5.10 Å². The molecule has 1 atom stereocenters. The average Bonchev–Trinajstić information content (AvgIpc) is 2.96. The van der Waals surface area contributed by atoms with Gasteiger partial charge in [-0.25, -0.2) is 15.0 Å². The second-order valence-electron chi connectivity index (χ2n) is 4.53. The van der Waals surface area contributed by atoms with E-state index in [-0.39, 0.29) is 6.04 Å². The van der Waals surface area contributed by atoms with Crippen molar-refractivity contribution in [2.75, 3.05) is 5.32 Å². The van der Waals surface area contributed by atoms with Crippen LogP contribution < -0.4 is 5.32 Å². The maximum absolute atomic E-state index is 4.35. The molecule has 0 spiro atoms. The number of aromatic nitrogens is 6. The van der Waals surface area contributed by atoms with Gasteiger partial charge in [0.05, 0.1) is 18.1 Å². The molecule has 7 nitrogen and oxygen atoms in total. The highest BCUT2D eigenvalue weighted by Gasteiger charge is 2.14. The minimum atomic E-state index is 0.107. The van der Waals surface area contributed by atoms with Crippen molar-refractivity contribution < 1.29 is 0 Å². The lowest BCUT2D eigenvalue weighted by Gasteiger charge is -2.13. The Balaban J connectivity index is 1.92. The van der Waals surface area contributed by atoms with Gasteiger partial charge in [0, 0.05) is 18.8 Å². The molecule has 19 heavy (non-hydrogen) atoms. The van der Waals surface area contributed by atoms with Crippen LogP contribution in [0.25, 0.3) is 11.2 Å². The number of aryl methyl sites for hydroxylation is 2. The van der Waals surface area contributed by atoms with Crippen LogP contribution in [0.2, 0.25) is 0 Å². The third-order valence-electron chi connectivity index (χ3n) is 3.09. The molecule has 7 heteroatoms. The van der Waals surface area contributed by atoms with Crippen molar-refractivity contribution in [1.29, 1.82) is 0 Å². The fourth-order valence-corrected chi connectivity index (χ4v) is 2.20. The molecule has 2 N–H and O–H groups in total. The minimum absolute atomic E-state index is 0.107. The quantitative estimate of drug-likeness (QED) is 0.744. The van der Waals surface area contributed by atoms with Crippen LogP contribution in [-0.4, -0.2) is 29.7 Å². The van der Waals surface area contributed by atoms with Crippen molar-refractivity contribution in [2.24, 2.45) is 7.05 Å². The molecule has 0 saturated carbocycles. The topological polar surface area (TPSA) is 84.3 Å². The van der Waals surface area contributed by atoms with Crippen LogP contribution in [0.4, 0.5) is 5.82 Å². The summed E-state index contributed by atoms with van der Waals surface area (Å²) in [5.41, 5.74) is 3.63. The van der Waals surface area contributed by atoms with Crippen LogP contribution in [0.1, 0.15) is 24.2 Å². The van der Waals surface area contributed by atoms with Gasteiger partial charge in [0.25, 0.3) is 0 Å². The first-order valence-electron chi connectivity index (χ1n) is 6.06. The smallest absolute Gasteiger partial charge is 0.182 e. The zero-order chi connectivity index (χ0) is 13.4. The molecule has 3 heterocycles. The average molecular weight is 257 g/mol. The second-order valence-corrected chi connectivity index (χ2v) is 4.53. The van der Waals surface area contributed by atoms with E-state index in [9.17, 15) is 0 Å². The van der Waals surface area contributed by atoms with Crippen molar-refractivity contribution in [3.8, 4) is 0 Å². The Hall–Kier alpha value is -2.44.